The molecule has 1 N–H and O–H groups in total. The Morgan fingerprint density at radius 2 is 0.902 bits per heavy atom. The Kier molecular flexibility index (Phi) is 32.1. The number of allylic oxidation sites excluding steroid dienone is 2. The number of hydrogen-bond donors (Lipinski definition) is 1. The SMILES string of the molecule is CCCC/C=C\CCCCCCCC(=O)OC(CCCCCCCCCCCCCC)CCCCCCCC(=O)O. The molecule has 41 heavy (non-hydrogen) atoms. The van der Waals surface area contributed by atoms with Crippen LogP contribution in [0.1, 0.15) is 206 Å². The van der Waals surface area contributed by atoms with Crippen LogP contribution in [0.25, 0.3) is 0 Å². The molecule has 4 heteroatoms. The van der Waals surface area contributed by atoms with Crippen LogP contribution in [-0.2, 0) is 14.3 Å². The molecule has 1 atom stereocenters. The molecule has 0 aliphatic rings. The van der Waals surface area contributed by atoms with Gasteiger partial charge in [-0.05, 0) is 57.8 Å². The Bertz CT molecular complexity index is 585. The molecule has 0 aliphatic carbocycles. The van der Waals surface area contributed by atoms with Crippen molar-refractivity contribution in [1.29, 1.82) is 0 Å². The van der Waals surface area contributed by atoms with Crippen molar-refractivity contribution in [3.05, 3.63) is 12.2 Å². The molecule has 4 nitrogen and oxygen atoms in total. The van der Waals surface area contributed by atoms with E-state index in [1.807, 2.05) is 0 Å². The van der Waals surface area contributed by atoms with Gasteiger partial charge in [-0.3, -0.25) is 9.59 Å². The minimum Gasteiger partial charge on any atom is -0.481 e. The van der Waals surface area contributed by atoms with Gasteiger partial charge in [-0.15, -0.1) is 0 Å². The van der Waals surface area contributed by atoms with Gasteiger partial charge in [-0.2, -0.15) is 0 Å². The highest BCUT2D eigenvalue weighted by Gasteiger charge is 2.14. The number of ether oxygens (including phenoxy) is 1. The molecule has 1 unspecified atom stereocenters. The Hall–Kier alpha value is -1.32. The summed E-state index contributed by atoms with van der Waals surface area (Å²) in [7, 11) is 0. The van der Waals surface area contributed by atoms with Gasteiger partial charge in [0.05, 0.1) is 0 Å². The maximum Gasteiger partial charge on any atom is 0.306 e. The minimum absolute atomic E-state index is 0.00532. The molecular formula is C37H70O4. The summed E-state index contributed by atoms with van der Waals surface area (Å²) in [4.78, 5) is 23.3. The lowest BCUT2D eigenvalue weighted by atomic mass is 10.0. The Labute approximate surface area is 255 Å². The largest absolute Gasteiger partial charge is 0.481 e. The molecule has 0 aliphatic heterocycles. The van der Waals surface area contributed by atoms with Gasteiger partial charge in [-0.1, -0.05) is 148 Å². The van der Waals surface area contributed by atoms with Gasteiger partial charge in [0, 0.05) is 12.8 Å². The second kappa shape index (κ2) is 33.2. The van der Waals surface area contributed by atoms with E-state index in [9.17, 15) is 9.59 Å². The molecule has 0 fully saturated rings. The maximum atomic E-state index is 12.6. The van der Waals surface area contributed by atoms with Gasteiger partial charge in [-0.25, -0.2) is 0 Å². The third-order valence-electron chi connectivity index (χ3n) is 8.24. The Balaban J connectivity index is 4.06. The van der Waals surface area contributed by atoms with E-state index in [2.05, 4.69) is 26.0 Å². The lowest BCUT2D eigenvalue weighted by Crippen LogP contribution is -2.18. The van der Waals surface area contributed by atoms with Gasteiger partial charge in [0.15, 0.2) is 0 Å². The monoisotopic (exact) mass is 579 g/mol. The van der Waals surface area contributed by atoms with E-state index in [1.54, 1.807) is 0 Å². The minimum atomic E-state index is -0.700. The molecule has 0 bridgehead atoms. The van der Waals surface area contributed by atoms with E-state index in [4.69, 9.17) is 9.84 Å². The second-order valence-electron chi connectivity index (χ2n) is 12.4. The topological polar surface area (TPSA) is 63.6 Å². The first-order valence-electron chi connectivity index (χ1n) is 18.2. The number of esters is 1. The van der Waals surface area contributed by atoms with Gasteiger partial charge in [0.25, 0.3) is 0 Å². The van der Waals surface area contributed by atoms with Crippen molar-refractivity contribution in [1.82, 2.24) is 0 Å². The highest BCUT2D eigenvalue weighted by Crippen LogP contribution is 2.19. The van der Waals surface area contributed by atoms with Crippen molar-refractivity contribution in [2.24, 2.45) is 0 Å². The maximum absolute atomic E-state index is 12.6. The van der Waals surface area contributed by atoms with E-state index in [-0.39, 0.29) is 18.5 Å². The molecule has 0 saturated heterocycles. The fourth-order valence-electron chi connectivity index (χ4n) is 5.52. The number of carbonyl (C=O) groups excluding carboxylic acids is 1. The first-order valence-corrected chi connectivity index (χ1v) is 18.2. The lowest BCUT2D eigenvalue weighted by molar-refractivity contribution is -0.150. The van der Waals surface area contributed by atoms with Crippen LogP contribution in [0.5, 0.6) is 0 Å². The van der Waals surface area contributed by atoms with E-state index in [0.717, 1.165) is 64.2 Å². The first kappa shape index (κ1) is 39.7. The van der Waals surface area contributed by atoms with Crippen LogP contribution in [0.15, 0.2) is 12.2 Å². The molecule has 0 spiro atoms. The second-order valence-corrected chi connectivity index (χ2v) is 12.4. The van der Waals surface area contributed by atoms with Crippen LogP contribution in [0.2, 0.25) is 0 Å². The number of unbranched alkanes of at least 4 members (excludes halogenated alkanes) is 22. The fourth-order valence-corrected chi connectivity index (χ4v) is 5.52. The Morgan fingerprint density at radius 3 is 1.39 bits per heavy atom. The zero-order valence-corrected chi connectivity index (χ0v) is 27.6. The third-order valence-corrected chi connectivity index (χ3v) is 8.24. The summed E-state index contributed by atoms with van der Waals surface area (Å²) < 4.78 is 5.98. The summed E-state index contributed by atoms with van der Waals surface area (Å²) in [6.07, 6.45) is 39.3. The van der Waals surface area contributed by atoms with Crippen LogP contribution < -0.4 is 0 Å². The summed E-state index contributed by atoms with van der Waals surface area (Å²) in [5, 5.41) is 8.79. The summed E-state index contributed by atoms with van der Waals surface area (Å²) in [6.45, 7) is 4.51. The van der Waals surface area contributed by atoms with Gasteiger partial charge in [0.1, 0.15) is 6.10 Å². The van der Waals surface area contributed by atoms with Crippen LogP contribution in [0, 0.1) is 0 Å². The quantitative estimate of drug-likeness (QED) is 0.0478. The average molecular weight is 579 g/mol. The third kappa shape index (κ3) is 33.1. The number of rotatable bonds is 33. The number of carboxylic acid groups (broad SMARTS) is 1. The molecule has 0 saturated carbocycles. The van der Waals surface area contributed by atoms with E-state index < -0.39 is 5.97 Å². The predicted octanol–water partition coefficient (Wildman–Crippen LogP) is 12.3. The molecule has 0 aromatic carbocycles. The van der Waals surface area contributed by atoms with E-state index in [1.165, 1.54) is 116 Å². The van der Waals surface area contributed by atoms with Crippen LogP contribution >= 0.6 is 0 Å². The van der Waals surface area contributed by atoms with E-state index in [0.29, 0.717) is 6.42 Å². The number of hydrogen-bond acceptors (Lipinski definition) is 3. The van der Waals surface area contributed by atoms with Gasteiger partial charge in [0.2, 0.25) is 0 Å². The van der Waals surface area contributed by atoms with Crippen LogP contribution in [0.3, 0.4) is 0 Å². The highest BCUT2D eigenvalue weighted by atomic mass is 16.5. The van der Waals surface area contributed by atoms with Crippen LogP contribution in [-0.4, -0.2) is 23.1 Å². The standard InChI is InChI=1S/C37H70O4/c1-3-5-7-9-11-13-15-17-18-20-23-27-31-35(32-28-24-22-25-29-33-36(38)39)41-37(40)34-30-26-21-19-16-14-12-10-8-6-4-2/h10,12,35H,3-9,11,13-34H2,1-2H3,(H,38,39)/b12-10-. The van der Waals surface area contributed by atoms with Crippen molar-refractivity contribution in [2.45, 2.75) is 213 Å². The number of carbonyl (C=O) groups is 2. The fraction of sp³-hybridized carbons (Fsp3) is 0.892. The molecule has 0 heterocycles. The van der Waals surface area contributed by atoms with Gasteiger partial charge >= 0.3 is 11.9 Å². The molecular weight excluding hydrogens is 508 g/mol. The lowest BCUT2D eigenvalue weighted by Gasteiger charge is -2.18. The molecule has 0 rings (SSSR count). The van der Waals surface area contributed by atoms with E-state index >= 15 is 0 Å². The summed E-state index contributed by atoms with van der Waals surface area (Å²) in [6, 6.07) is 0. The molecule has 0 amide bonds. The van der Waals surface area contributed by atoms with Crippen molar-refractivity contribution in [3.8, 4) is 0 Å². The number of aliphatic carboxylic acids is 1. The summed E-state index contributed by atoms with van der Waals surface area (Å²) in [5.74, 6) is -0.705. The van der Waals surface area contributed by atoms with Crippen molar-refractivity contribution in [2.75, 3.05) is 0 Å². The average Bonchev–Trinajstić information content (AvgIpc) is 2.95. The van der Waals surface area contributed by atoms with Crippen LogP contribution in [0.4, 0.5) is 0 Å². The zero-order chi connectivity index (χ0) is 30.1. The van der Waals surface area contributed by atoms with Crippen molar-refractivity contribution >= 4 is 11.9 Å². The number of carboxylic acids is 1. The normalized spacial score (nSPS) is 12.2. The summed E-state index contributed by atoms with van der Waals surface area (Å²) >= 11 is 0. The molecule has 242 valence electrons. The molecule has 0 radical (unpaired) electrons. The smallest absolute Gasteiger partial charge is 0.306 e. The first-order chi connectivity index (χ1) is 20.1. The van der Waals surface area contributed by atoms with Crippen molar-refractivity contribution < 1.29 is 19.4 Å². The zero-order valence-electron chi connectivity index (χ0n) is 27.6. The summed E-state index contributed by atoms with van der Waals surface area (Å²) in [5.41, 5.74) is 0. The van der Waals surface area contributed by atoms with Crippen molar-refractivity contribution in [3.63, 3.8) is 0 Å². The molecule has 0 aromatic heterocycles. The molecule has 0 aromatic rings. The highest BCUT2D eigenvalue weighted by molar-refractivity contribution is 5.69. The van der Waals surface area contributed by atoms with Gasteiger partial charge < -0.3 is 9.84 Å². The Morgan fingerprint density at radius 1 is 0.512 bits per heavy atom. The predicted molar refractivity (Wildman–Crippen MR) is 177 cm³/mol.